The van der Waals surface area contributed by atoms with Gasteiger partial charge in [-0.3, -0.25) is 0 Å². The normalized spacial score (nSPS) is 16.5. The molecule has 1 aliphatic heterocycles. The van der Waals surface area contributed by atoms with Gasteiger partial charge in [0, 0.05) is 83.1 Å². The van der Waals surface area contributed by atoms with Gasteiger partial charge in [0.05, 0.1) is 11.0 Å². The number of H-pyrrole nitrogens is 2. The van der Waals surface area contributed by atoms with E-state index in [2.05, 4.69) is 325 Å². The molecule has 430 valence electrons. The van der Waals surface area contributed by atoms with Crippen LogP contribution in [0.25, 0.3) is 132 Å². The molecule has 3 aliphatic carbocycles. The van der Waals surface area contributed by atoms with Crippen molar-refractivity contribution in [2.45, 2.75) is 38.0 Å². The van der Waals surface area contributed by atoms with Gasteiger partial charge in [-0.1, -0.05) is 196 Å². The summed E-state index contributed by atoms with van der Waals surface area (Å²) >= 11 is 0. The highest BCUT2D eigenvalue weighted by Gasteiger charge is 2.46. The first-order chi connectivity index (χ1) is 44.8. The summed E-state index contributed by atoms with van der Waals surface area (Å²) in [5.74, 6) is 0.700. The number of nitrogens with zero attached hydrogens (tertiary/aromatic N) is 2. The van der Waals surface area contributed by atoms with Crippen molar-refractivity contribution in [3.63, 3.8) is 0 Å². The minimum absolute atomic E-state index is 0.0661. The monoisotopic (exact) mass is 1160 g/mol. The molecular formula is C87H62N4. The molecule has 2 unspecified atom stereocenters. The number of allylic oxidation sites excluding steroid dienone is 8. The predicted molar refractivity (Wildman–Crippen MR) is 383 cm³/mol. The zero-order valence-electron chi connectivity index (χ0n) is 50.7. The van der Waals surface area contributed by atoms with Crippen molar-refractivity contribution < 1.29 is 0 Å². The molecule has 2 atom stereocenters. The number of benzene rings is 12. The van der Waals surface area contributed by atoms with Crippen LogP contribution in [0.5, 0.6) is 0 Å². The number of hydrogen-bond acceptors (Lipinski definition) is 1. The van der Waals surface area contributed by atoms with Crippen LogP contribution >= 0.6 is 0 Å². The van der Waals surface area contributed by atoms with E-state index in [-0.39, 0.29) is 5.41 Å². The molecule has 0 saturated carbocycles. The third-order valence-electron chi connectivity index (χ3n) is 20.9. The number of aromatic nitrogens is 3. The Balaban J connectivity index is 0.668. The Hall–Kier alpha value is -11.2. The van der Waals surface area contributed by atoms with Crippen LogP contribution in [0.4, 0.5) is 11.4 Å². The van der Waals surface area contributed by atoms with E-state index in [9.17, 15) is 0 Å². The van der Waals surface area contributed by atoms with Crippen LogP contribution in [0.3, 0.4) is 0 Å². The SMILES string of the molecule is CC1(C)c2ccccc2C2=C(c3ccc4c(c3)c3ccccc3n4-c3ccc(-c4ccc5[nH]c6ccc(-c7cccc(-c8ccccc8)c7)cc6c5c4)cc3)C=C(c3ccc4[nH]c5ccc(-c6ccc(N7C8=CC=CCC8c8ccccc87)cc6)cc5c4c3)CC21. The van der Waals surface area contributed by atoms with Gasteiger partial charge in [-0.2, -0.15) is 0 Å². The minimum atomic E-state index is -0.0661. The molecule has 0 amide bonds. The van der Waals surface area contributed by atoms with Gasteiger partial charge in [0.25, 0.3) is 0 Å². The van der Waals surface area contributed by atoms with Crippen LogP contribution in [-0.4, -0.2) is 14.5 Å². The van der Waals surface area contributed by atoms with Crippen molar-refractivity contribution in [3.05, 3.63) is 325 Å². The van der Waals surface area contributed by atoms with E-state index >= 15 is 0 Å². The van der Waals surface area contributed by atoms with E-state index in [1.54, 1.807) is 0 Å². The van der Waals surface area contributed by atoms with Crippen LogP contribution in [0.1, 0.15) is 60.4 Å². The summed E-state index contributed by atoms with van der Waals surface area (Å²) in [4.78, 5) is 9.95. The average molecular weight is 1160 g/mol. The first-order valence-electron chi connectivity index (χ1n) is 32.2. The fourth-order valence-electron chi connectivity index (χ4n) is 16.3. The van der Waals surface area contributed by atoms with Crippen LogP contribution in [0.15, 0.2) is 297 Å². The molecule has 4 nitrogen and oxygen atoms in total. The summed E-state index contributed by atoms with van der Waals surface area (Å²) in [5.41, 5.74) is 32.5. The number of nitrogens with one attached hydrogen (secondary N) is 2. The maximum Gasteiger partial charge on any atom is 0.0541 e. The highest BCUT2D eigenvalue weighted by molar-refractivity contribution is 6.14. The Morgan fingerprint density at radius 2 is 0.923 bits per heavy atom. The molecule has 2 N–H and O–H groups in total. The van der Waals surface area contributed by atoms with Crippen molar-refractivity contribution in [1.82, 2.24) is 14.5 Å². The van der Waals surface area contributed by atoms with Gasteiger partial charge >= 0.3 is 0 Å². The Morgan fingerprint density at radius 3 is 1.64 bits per heavy atom. The van der Waals surface area contributed by atoms with Crippen LogP contribution in [0.2, 0.25) is 0 Å². The fourth-order valence-corrected chi connectivity index (χ4v) is 16.3. The predicted octanol–water partition coefficient (Wildman–Crippen LogP) is 23.1. The molecule has 4 aliphatic rings. The summed E-state index contributed by atoms with van der Waals surface area (Å²) in [6.45, 7) is 4.94. The number of rotatable bonds is 8. The average Bonchev–Trinajstić information content (AvgIpc) is 1.60. The lowest BCUT2D eigenvalue weighted by Gasteiger charge is -2.33. The zero-order valence-corrected chi connectivity index (χ0v) is 50.7. The number of aromatic amines is 2. The number of para-hydroxylation sites is 2. The molecule has 0 bridgehead atoms. The summed E-state index contributed by atoms with van der Waals surface area (Å²) in [7, 11) is 0. The second kappa shape index (κ2) is 19.9. The van der Waals surface area contributed by atoms with Gasteiger partial charge in [0.2, 0.25) is 0 Å². The topological polar surface area (TPSA) is 39.8 Å². The van der Waals surface area contributed by atoms with Crippen LogP contribution < -0.4 is 4.90 Å². The Kier molecular flexibility index (Phi) is 11.3. The van der Waals surface area contributed by atoms with E-state index in [0.717, 1.165) is 40.6 Å². The highest BCUT2D eigenvalue weighted by atomic mass is 15.2. The first kappa shape index (κ1) is 51.8. The van der Waals surface area contributed by atoms with E-state index in [4.69, 9.17) is 0 Å². The van der Waals surface area contributed by atoms with Crippen molar-refractivity contribution in [2.24, 2.45) is 5.92 Å². The van der Waals surface area contributed by atoms with E-state index in [1.165, 1.54) is 149 Å². The standard InChI is InChI=1S/C87H62N4/c1-87(2)76-23-10-6-22-69(76)86-70(51-63(52-77(86)87)61-34-43-81-74(49-61)72-47-59(32-41-79(72)89-81)54-27-36-64(37-28-54)90-82-24-11-7-19-66(82)67-20-8-12-25-83(67)90)62-35-44-85-75(50-62)68-21-9-13-26-84(68)91(85)65-38-29-55(30-39-65)58-31-40-78-71(46-58)73-48-60(33-42-80(73)88-78)57-18-14-17-56(45-57)53-15-4-3-5-16-53/h3-19,21-51,67,77,88-89H,20,52H2,1-2H3. The van der Waals surface area contributed by atoms with Crippen molar-refractivity contribution in [3.8, 4) is 50.2 Å². The Labute approximate surface area is 528 Å². The lowest BCUT2D eigenvalue weighted by Crippen LogP contribution is -2.25. The Morgan fingerprint density at radius 1 is 0.407 bits per heavy atom. The third kappa shape index (κ3) is 8.08. The molecule has 0 fully saturated rings. The second-order valence-electron chi connectivity index (χ2n) is 26.1. The lowest BCUT2D eigenvalue weighted by molar-refractivity contribution is 0.419. The quantitative estimate of drug-likeness (QED) is 0.156. The van der Waals surface area contributed by atoms with Gasteiger partial charge in [-0.05, 0) is 222 Å². The maximum absolute atomic E-state index is 3.79. The first-order valence-corrected chi connectivity index (χ1v) is 32.2. The van der Waals surface area contributed by atoms with Gasteiger partial charge < -0.3 is 19.4 Å². The Bertz CT molecular complexity index is 5680. The van der Waals surface area contributed by atoms with Crippen molar-refractivity contribution in [2.75, 3.05) is 4.90 Å². The highest BCUT2D eigenvalue weighted by Crippen LogP contribution is 2.59. The van der Waals surface area contributed by atoms with E-state index < -0.39 is 0 Å². The number of fused-ring (bicyclic) bond motifs is 15. The van der Waals surface area contributed by atoms with Gasteiger partial charge in [-0.25, -0.2) is 0 Å². The molecule has 0 saturated heterocycles. The number of anilines is 2. The smallest absolute Gasteiger partial charge is 0.0541 e. The molecule has 15 aromatic rings. The molecule has 19 rings (SSSR count). The molecule has 3 aromatic heterocycles. The van der Waals surface area contributed by atoms with Crippen LogP contribution in [0, 0.1) is 5.92 Å². The zero-order chi connectivity index (χ0) is 60.1. The molecule has 4 heteroatoms. The second-order valence-corrected chi connectivity index (χ2v) is 26.1. The summed E-state index contributed by atoms with van der Waals surface area (Å²) in [5, 5.41) is 7.45. The molecular weight excluding hydrogens is 1100 g/mol. The summed E-state index contributed by atoms with van der Waals surface area (Å²) in [6.07, 6.45) is 11.3. The van der Waals surface area contributed by atoms with Crippen molar-refractivity contribution >= 4 is 93.5 Å². The van der Waals surface area contributed by atoms with Crippen molar-refractivity contribution in [1.29, 1.82) is 0 Å². The maximum atomic E-state index is 3.79. The van der Waals surface area contributed by atoms with Crippen LogP contribution in [-0.2, 0) is 5.41 Å². The largest absolute Gasteiger partial charge is 0.355 e. The number of hydrogen-bond donors (Lipinski definition) is 2. The summed E-state index contributed by atoms with van der Waals surface area (Å²) in [6, 6.07) is 99.9. The van der Waals surface area contributed by atoms with E-state index in [1.807, 2.05) is 0 Å². The van der Waals surface area contributed by atoms with E-state index in [0.29, 0.717) is 11.8 Å². The summed E-state index contributed by atoms with van der Waals surface area (Å²) < 4.78 is 2.46. The molecule has 91 heavy (non-hydrogen) atoms. The van der Waals surface area contributed by atoms with Gasteiger partial charge in [-0.15, -0.1) is 0 Å². The molecule has 0 spiro atoms. The molecule has 0 radical (unpaired) electrons. The molecule has 4 heterocycles. The minimum Gasteiger partial charge on any atom is -0.355 e. The van der Waals surface area contributed by atoms with Gasteiger partial charge in [0.15, 0.2) is 0 Å². The lowest BCUT2D eigenvalue weighted by atomic mass is 9.70. The third-order valence-corrected chi connectivity index (χ3v) is 20.9. The molecule has 12 aromatic carbocycles. The van der Waals surface area contributed by atoms with Gasteiger partial charge in [0.1, 0.15) is 0 Å². The fraction of sp³-hybridized carbons (Fsp3) is 0.0805.